The fourth-order valence-corrected chi connectivity index (χ4v) is 2.09. The normalized spacial score (nSPS) is 26.5. The molecule has 0 aromatic carbocycles. The third-order valence-corrected chi connectivity index (χ3v) is 3.21. The van der Waals surface area contributed by atoms with Gasteiger partial charge < -0.3 is 15.4 Å². The lowest BCUT2D eigenvalue weighted by molar-refractivity contribution is 0.0221. The molecule has 2 N–H and O–H groups in total. The fraction of sp³-hybridized carbons (Fsp3) is 0.923. The van der Waals surface area contributed by atoms with Gasteiger partial charge in [-0.05, 0) is 46.5 Å². The molecule has 0 aromatic rings. The summed E-state index contributed by atoms with van der Waals surface area (Å²) in [5.41, 5.74) is 5.62. The molecule has 0 bridgehead atoms. The van der Waals surface area contributed by atoms with E-state index in [9.17, 15) is 4.79 Å². The highest BCUT2D eigenvalue weighted by atomic mass is 16.6. The molecule has 0 saturated carbocycles. The highest BCUT2D eigenvalue weighted by Crippen LogP contribution is 2.23. The summed E-state index contributed by atoms with van der Waals surface area (Å²) in [6, 6.07) is 0. The van der Waals surface area contributed by atoms with E-state index in [0.29, 0.717) is 6.54 Å². The first-order chi connectivity index (χ1) is 7.76. The van der Waals surface area contributed by atoms with Crippen LogP contribution >= 0.6 is 0 Å². The SMILES string of the molecule is CCC1(N)CCCCN(C(=O)OC(C)(C)C)C1. The number of amides is 1. The Labute approximate surface area is 104 Å². The minimum atomic E-state index is -0.438. The topological polar surface area (TPSA) is 55.6 Å². The number of likely N-dealkylation sites (tertiary alicyclic amines) is 1. The Morgan fingerprint density at radius 2 is 2.06 bits per heavy atom. The van der Waals surface area contributed by atoms with Crippen LogP contribution in [0.15, 0.2) is 0 Å². The van der Waals surface area contributed by atoms with Crippen molar-refractivity contribution in [2.75, 3.05) is 13.1 Å². The molecule has 1 heterocycles. The van der Waals surface area contributed by atoms with Gasteiger partial charge in [-0.15, -0.1) is 0 Å². The lowest BCUT2D eigenvalue weighted by Crippen LogP contribution is -2.51. The summed E-state index contributed by atoms with van der Waals surface area (Å²) in [5, 5.41) is 0. The molecule has 1 aliphatic heterocycles. The van der Waals surface area contributed by atoms with E-state index in [0.717, 1.165) is 32.2 Å². The van der Waals surface area contributed by atoms with Gasteiger partial charge in [-0.2, -0.15) is 0 Å². The van der Waals surface area contributed by atoms with Gasteiger partial charge in [0, 0.05) is 18.6 Å². The second-order valence-corrected chi connectivity index (χ2v) is 6.07. The second-order valence-electron chi connectivity index (χ2n) is 6.07. The third-order valence-electron chi connectivity index (χ3n) is 3.21. The van der Waals surface area contributed by atoms with Crippen LogP contribution in [0.4, 0.5) is 4.79 Å². The number of carbonyl (C=O) groups is 1. The van der Waals surface area contributed by atoms with Crippen molar-refractivity contribution >= 4 is 6.09 Å². The number of ether oxygens (including phenoxy) is 1. The monoisotopic (exact) mass is 242 g/mol. The van der Waals surface area contributed by atoms with Gasteiger partial charge in [-0.1, -0.05) is 6.92 Å². The molecule has 0 aromatic heterocycles. The van der Waals surface area contributed by atoms with Crippen LogP contribution in [-0.2, 0) is 4.74 Å². The van der Waals surface area contributed by atoms with Gasteiger partial charge in [-0.3, -0.25) is 0 Å². The van der Waals surface area contributed by atoms with Crippen LogP contribution < -0.4 is 5.73 Å². The van der Waals surface area contributed by atoms with Gasteiger partial charge in [0.1, 0.15) is 5.60 Å². The van der Waals surface area contributed by atoms with Crippen LogP contribution in [0.25, 0.3) is 0 Å². The Morgan fingerprint density at radius 1 is 1.41 bits per heavy atom. The molecule has 1 atom stereocenters. The molecule has 0 radical (unpaired) electrons. The van der Waals surface area contributed by atoms with Gasteiger partial charge in [0.2, 0.25) is 0 Å². The van der Waals surface area contributed by atoms with E-state index in [1.807, 2.05) is 20.8 Å². The van der Waals surface area contributed by atoms with Crippen molar-refractivity contribution < 1.29 is 9.53 Å². The maximum absolute atomic E-state index is 12.0. The predicted molar refractivity (Wildman–Crippen MR) is 68.9 cm³/mol. The smallest absolute Gasteiger partial charge is 0.410 e. The minimum Gasteiger partial charge on any atom is -0.444 e. The summed E-state index contributed by atoms with van der Waals surface area (Å²) >= 11 is 0. The van der Waals surface area contributed by atoms with Crippen LogP contribution in [-0.4, -0.2) is 35.2 Å². The molecule has 17 heavy (non-hydrogen) atoms. The van der Waals surface area contributed by atoms with Crippen molar-refractivity contribution in [2.24, 2.45) is 5.73 Å². The Morgan fingerprint density at radius 3 is 2.59 bits per heavy atom. The van der Waals surface area contributed by atoms with Gasteiger partial charge in [0.25, 0.3) is 0 Å². The quantitative estimate of drug-likeness (QED) is 0.768. The van der Waals surface area contributed by atoms with Crippen molar-refractivity contribution in [1.82, 2.24) is 4.90 Å². The number of carbonyl (C=O) groups excluding carboxylic acids is 1. The maximum atomic E-state index is 12.0. The van der Waals surface area contributed by atoms with Gasteiger partial charge in [-0.25, -0.2) is 4.79 Å². The highest BCUT2D eigenvalue weighted by molar-refractivity contribution is 5.68. The zero-order chi connectivity index (χ0) is 13.1. The van der Waals surface area contributed by atoms with E-state index in [2.05, 4.69) is 6.92 Å². The molecule has 100 valence electrons. The van der Waals surface area contributed by atoms with Crippen molar-refractivity contribution in [3.63, 3.8) is 0 Å². The third kappa shape index (κ3) is 4.54. The van der Waals surface area contributed by atoms with Crippen molar-refractivity contribution in [3.8, 4) is 0 Å². The van der Waals surface area contributed by atoms with Crippen LogP contribution in [0, 0.1) is 0 Å². The second kappa shape index (κ2) is 5.25. The molecule has 1 aliphatic rings. The molecule has 1 saturated heterocycles. The molecule has 4 heteroatoms. The molecule has 1 unspecified atom stereocenters. The zero-order valence-corrected chi connectivity index (χ0v) is 11.6. The van der Waals surface area contributed by atoms with Gasteiger partial charge in [0.15, 0.2) is 0 Å². The van der Waals surface area contributed by atoms with Crippen LogP contribution in [0.2, 0.25) is 0 Å². The van der Waals surface area contributed by atoms with E-state index in [1.165, 1.54) is 0 Å². The summed E-state index contributed by atoms with van der Waals surface area (Å²) in [5.74, 6) is 0. The Balaban J connectivity index is 2.66. The highest BCUT2D eigenvalue weighted by Gasteiger charge is 2.32. The largest absolute Gasteiger partial charge is 0.444 e. The molecule has 4 nitrogen and oxygen atoms in total. The fourth-order valence-electron chi connectivity index (χ4n) is 2.09. The number of hydrogen-bond acceptors (Lipinski definition) is 3. The molecule has 1 rings (SSSR count). The molecule has 0 spiro atoms. The lowest BCUT2D eigenvalue weighted by Gasteiger charge is -2.33. The molecular weight excluding hydrogens is 216 g/mol. The predicted octanol–water partition coefficient (Wildman–Crippen LogP) is 2.51. The summed E-state index contributed by atoms with van der Waals surface area (Å²) < 4.78 is 5.40. The van der Waals surface area contributed by atoms with Gasteiger partial charge in [0.05, 0.1) is 0 Å². The number of nitrogens with zero attached hydrogens (tertiary/aromatic N) is 1. The van der Waals surface area contributed by atoms with E-state index in [4.69, 9.17) is 10.5 Å². The Bertz CT molecular complexity index is 273. The molecule has 0 aliphatic carbocycles. The number of nitrogens with two attached hydrogens (primary N) is 1. The Hall–Kier alpha value is -0.770. The maximum Gasteiger partial charge on any atom is 0.410 e. The van der Waals surface area contributed by atoms with E-state index < -0.39 is 5.60 Å². The lowest BCUT2D eigenvalue weighted by atomic mass is 9.92. The van der Waals surface area contributed by atoms with E-state index in [1.54, 1.807) is 4.90 Å². The zero-order valence-electron chi connectivity index (χ0n) is 11.6. The molecular formula is C13H26N2O2. The van der Waals surface area contributed by atoms with Crippen LogP contribution in [0.5, 0.6) is 0 Å². The minimum absolute atomic E-state index is 0.234. The van der Waals surface area contributed by atoms with Gasteiger partial charge >= 0.3 is 6.09 Å². The van der Waals surface area contributed by atoms with Crippen molar-refractivity contribution in [1.29, 1.82) is 0 Å². The molecule has 1 fully saturated rings. The average molecular weight is 242 g/mol. The summed E-state index contributed by atoms with van der Waals surface area (Å²) in [6.07, 6.45) is 3.75. The number of hydrogen-bond donors (Lipinski definition) is 1. The summed E-state index contributed by atoms with van der Waals surface area (Å²) in [4.78, 5) is 13.8. The number of rotatable bonds is 1. The van der Waals surface area contributed by atoms with E-state index >= 15 is 0 Å². The van der Waals surface area contributed by atoms with Crippen LogP contribution in [0.1, 0.15) is 53.4 Å². The standard InChI is InChI=1S/C13H26N2O2/c1-5-13(14)8-6-7-9-15(10-13)11(16)17-12(2,3)4/h5-10,14H2,1-4H3. The first-order valence-electron chi connectivity index (χ1n) is 6.52. The first kappa shape index (κ1) is 14.3. The Kier molecular flexibility index (Phi) is 4.42. The van der Waals surface area contributed by atoms with Crippen molar-refractivity contribution in [3.05, 3.63) is 0 Å². The first-order valence-corrected chi connectivity index (χ1v) is 6.52. The van der Waals surface area contributed by atoms with Crippen molar-refractivity contribution in [2.45, 2.75) is 64.5 Å². The average Bonchev–Trinajstić information content (AvgIpc) is 2.39. The summed E-state index contributed by atoms with van der Waals surface area (Å²) in [6.45, 7) is 9.11. The van der Waals surface area contributed by atoms with E-state index in [-0.39, 0.29) is 11.6 Å². The molecule has 1 amide bonds. The van der Waals surface area contributed by atoms with Crippen LogP contribution in [0.3, 0.4) is 0 Å². The summed E-state index contributed by atoms with van der Waals surface area (Å²) in [7, 11) is 0.